The molecule has 0 aromatic carbocycles. The van der Waals surface area contributed by atoms with Crippen LogP contribution in [-0.2, 0) is 9.59 Å². The van der Waals surface area contributed by atoms with Gasteiger partial charge in [-0.25, -0.2) is 0 Å². The summed E-state index contributed by atoms with van der Waals surface area (Å²) >= 11 is 0. The lowest BCUT2D eigenvalue weighted by Crippen LogP contribution is -2.53. The molecule has 4 nitrogen and oxygen atoms in total. The number of carboxylic acids is 1. The smallest absolute Gasteiger partial charge is 0.309 e. The molecule has 0 aromatic heterocycles. The summed E-state index contributed by atoms with van der Waals surface area (Å²) < 4.78 is 0. The average molecular weight is 281 g/mol. The van der Waals surface area contributed by atoms with Crippen LogP contribution in [0.2, 0.25) is 0 Å². The van der Waals surface area contributed by atoms with Gasteiger partial charge in [0.1, 0.15) is 0 Å². The largest absolute Gasteiger partial charge is 0.481 e. The first-order chi connectivity index (χ1) is 9.17. The van der Waals surface area contributed by atoms with Crippen molar-refractivity contribution in [3.63, 3.8) is 0 Å². The van der Waals surface area contributed by atoms with Crippen LogP contribution < -0.4 is 0 Å². The second-order valence-electron chi connectivity index (χ2n) is 7.45. The van der Waals surface area contributed by atoms with Gasteiger partial charge in [-0.15, -0.1) is 0 Å². The maximum Gasteiger partial charge on any atom is 0.309 e. The number of hydrogen-bond donors (Lipinski definition) is 1. The van der Waals surface area contributed by atoms with Gasteiger partial charge in [-0.2, -0.15) is 0 Å². The van der Waals surface area contributed by atoms with E-state index in [9.17, 15) is 14.7 Å². The van der Waals surface area contributed by atoms with Gasteiger partial charge in [-0.3, -0.25) is 9.59 Å². The molecule has 1 aliphatic carbocycles. The third kappa shape index (κ3) is 1.87. The Balaban J connectivity index is 2.30. The van der Waals surface area contributed by atoms with Crippen molar-refractivity contribution in [3.8, 4) is 0 Å². The summed E-state index contributed by atoms with van der Waals surface area (Å²) in [6, 6.07) is 0. The minimum Gasteiger partial charge on any atom is -0.481 e. The molecule has 2 atom stereocenters. The lowest BCUT2D eigenvalue weighted by atomic mass is 9.59. The summed E-state index contributed by atoms with van der Waals surface area (Å²) in [5, 5.41) is 9.61. The predicted molar refractivity (Wildman–Crippen MR) is 77.3 cm³/mol. The maximum atomic E-state index is 13.0. The van der Waals surface area contributed by atoms with E-state index in [1.807, 2.05) is 25.7 Å². The maximum absolute atomic E-state index is 13.0. The zero-order valence-corrected chi connectivity index (χ0v) is 13.2. The number of carbonyl (C=O) groups excluding carboxylic acids is 1. The quantitative estimate of drug-likeness (QED) is 0.846. The number of rotatable bonds is 2. The van der Waals surface area contributed by atoms with Crippen LogP contribution in [-0.4, -0.2) is 35.0 Å². The molecule has 20 heavy (non-hydrogen) atoms. The first-order valence-electron chi connectivity index (χ1n) is 7.70. The molecule has 2 aliphatic rings. The van der Waals surface area contributed by atoms with E-state index in [1.165, 1.54) is 6.42 Å². The van der Waals surface area contributed by atoms with Crippen molar-refractivity contribution in [3.05, 3.63) is 0 Å². The summed E-state index contributed by atoms with van der Waals surface area (Å²) in [5.41, 5.74) is -1.94. The van der Waals surface area contributed by atoms with Crippen molar-refractivity contribution >= 4 is 11.9 Å². The average Bonchev–Trinajstić information content (AvgIpc) is 2.61. The fraction of sp³-hybridized carbons (Fsp3) is 0.875. The number of nitrogens with zero attached hydrogens (tertiary/aromatic N) is 1. The Labute approximate surface area is 121 Å². The molecular weight excluding hydrogens is 254 g/mol. The number of hydrogen-bond acceptors (Lipinski definition) is 2. The highest BCUT2D eigenvalue weighted by molar-refractivity contribution is 5.87. The minimum absolute atomic E-state index is 0.159. The van der Waals surface area contributed by atoms with Crippen molar-refractivity contribution in [1.29, 1.82) is 0 Å². The normalized spacial score (nSPS) is 36.9. The van der Waals surface area contributed by atoms with Gasteiger partial charge in [-0.05, 0) is 44.4 Å². The molecule has 114 valence electrons. The van der Waals surface area contributed by atoms with Crippen LogP contribution in [0.25, 0.3) is 0 Å². The minimum atomic E-state index is -0.826. The summed E-state index contributed by atoms with van der Waals surface area (Å²) in [5.74, 6) is -0.621. The molecule has 1 saturated carbocycles. The van der Waals surface area contributed by atoms with E-state index in [1.54, 1.807) is 6.92 Å². The molecule has 4 heteroatoms. The van der Waals surface area contributed by atoms with Crippen molar-refractivity contribution in [2.45, 2.75) is 59.8 Å². The van der Waals surface area contributed by atoms with Crippen LogP contribution in [0.15, 0.2) is 0 Å². The SMILES string of the molecule is CC1(C(=O)O)CCC(C)(C(=O)N2CCCCC2)C1(C)C. The number of piperidine rings is 1. The third-order valence-electron chi connectivity index (χ3n) is 6.47. The summed E-state index contributed by atoms with van der Waals surface area (Å²) in [7, 11) is 0. The number of aliphatic carboxylic acids is 1. The van der Waals surface area contributed by atoms with Gasteiger partial charge >= 0.3 is 5.97 Å². The van der Waals surface area contributed by atoms with Gasteiger partial charge in [0.25, 0.3) is 0 Å². The number of carbonyl (C=O) groups is 2. The monoisotopic (exact) mass is 281 g/mol. The van der Waals surface area contributed by atoms with Crippen LogP contribution in [0, 0.1) is 16.2 Å². The fourth-order valence-corrected chi connectivity index (χ4v) is 3.93. The third-order valence-corrected chi connectivity index (χ3v) is 6.47. The molecule has 1 saturated heterocycles. The van der Waals surface area contributed by atoms with Gasteiger partial charge in [0.05, 0.1) is 10.8 Å². The second kappa shape index (κ2) is 4.74. The Morgan fingerprint density at radius 3 is 1.85 bits per heavy atom. The second-order valence-corrected chi connectivity index (χ2v) is 7.45. The molecule has 0 bridgehead atoms. The van der Waals surface area contributed by atoms with Crippen LogP contribution in [0.3, 0.4) is 0 Å². The Hall–Kier alpha value is -1.06. The van der Waals surface area contributed by atoms with Gasteiger partial charge in [-0.1, -0.05) is 20.8 Å². The molecule has 2 fully saturated rings. The Morgan fingerprint density at radius 2 is 1.40 bits per heavy atom. The topological polar surface area (TPSA) is 57.6 Å². The van der Waals surface area contributed by atoms with E-state index in [4.69, 9.17) is 0 Å². The van der Waals surface area contributed by atoms with Gasteiger partial charge in [0, 0.05) is 13.1 Å². The molecule has 0 aromatic rings. The zero-order valence-electron chi connectivity index (χ0n) is 13.2. The van der Waals surface area contributed by atoms with Crippen molar-refractivity contribution in [1.82, 2.24) is 4.90 Å². The van der Waals surface area contributed by atoms with E-state index >= 15 is 0 Å². The van der Waals surface area contributed by atoms with Gasteiger partial charge < -0.3 is 10.0 Å². The van der Waals surface area contributed by atoms with Gasteiger partial charge in [0.2, 0.25) is 5.91 Å². The molecule has 1 amide bonds. The lowest BCUT2D eigenvalue weighted by molar-refractivity contribution is -0.162. The molecular formula is C16H27NO3. The summed E-state index contributed by atoms with van der Waals surface area (Å²) in [6.07, 6.45) is 4.57. The van der Waals surface area contributed by atoms with Crippen LogP contribution in [0.4, 0.5) is 0 Å². The van der Waals surface area contributed by atoms with E-state index in [-0.39, 0.29) is 5.91 Å². The van der Waals surface area contributed by atoms with E-state index in [2.05, 4.69) is 0 Å². The molecule has 1 aliphatic heterocycles. The summed E-state index contributed by atoms with van der Waals surface area (Å²) in [4.78, 5) is 26.6. The fourth-order valence-electron chi connectivity index (χ4n) is 3.93. The highest BCUT2D eigenvalue weighted by Crippen LogP contribution is 2.63. The molecule has 0 radical (unpaired) electrons. The molecule has 2 rings (SSSR count). The van der Waals surface area contributed by atoms with E-state index in [0.717, 1.165) is 25.9 Å². The first kappa shape index (κ1) is 15.3. The van der Waals surface area contributed by atoms with Crippen molar-refractivity contribution in [2.75, 3.05) is 13.1 Å². The Bertz CT molecular complexity index is 425. The molecule has 0 spiro atoms. The number of likely N-dealkylation sites (tertiary alicyclic amines) is 1. The number of amides is 1. The Morgan fingerprint density at radius 1 is 0.900 bits per heavy atom. The van der Waals surface area contributed by atoms with Crippen molar-refractivity contribution < 1.29 is 14.7 Å². The van der Waals surface area contributed by atoms with Crippen LogP contribution >= 0.6 is 0 Å². The molecule has 1 heterocycles. The predicted octanol–water partition coefficient (Wildman–Crippen LogP) is 2.92. The Kier molecular flexibility index (Phi) is 3.64. The summed E-state index contributed by atoms with van der Waals surface area (Å²) in [6.45, 7) is 9.33. The van der Waals surface area contributed by atoms with E-state index in [0.29, 0.717) is 12.8 Å². The zero-order chi connectivity index (χ0) is 15.2. The molecule has 2 unspecified atom stereocenters. The first-order valence-corrected chi connectivity index (χ1v) is 7.70. The number of carboxylic acid groups (broad SMARTS) is 1. The molecule has 1 N–H and O–H groups in total. The van der Waals surface area contributed by atoms with Crippen molar-refractivity contribution in [2.24, 2.45) is 16.2 Å². The van der Waals surface area contributed by atoms with Crippen LogP contribution in [0.5, 0.6) is 0 Å². The van der Waals surface area contributed by atoms with Crippen LogP contribution in [0.1, 0.15) is 59.8 Å². The van der Waals surface area contributed by atoms with E-state index < -0.39 is 22.2 Å². The van der Waals surface area contributed by atoms with Gasteiger partial charge in [0.15, 0.2) is 0 Å². The standard InChI is InChI=1S/C16H27NO3/c1-14(2)15(3,8-9-16(14,4)13(19)20)12(18)17-10-6-5-7-11-17/h5-11H2,1-4H3,(H,19,20). The lowest BCUT2D eigenvalue weighted by Gasteiger charge is -2.46. The highest BCUT2D eigenvalue weighted by Gasteiger charge is 2.65. The highest BCUT2D eigenvalue weighted by atomic mass is 16.4.